The van der Waals surface area contributed by atoms with Gasteiger partial charge in [0.25, 0.3) is 0 Å². The van der Waals surface area contributed by atoms with E-state index in [4.69, 9.17) is 4.52 Å². The molecule has 4 rings (SSSR count). The molecule has 1 saturated heterocycles. The molecule has 3 heterocycles. The van der Waals surface area contributed by atoms with Gasteiger partial charge >= 0.3 is 0 Å². The lowest BCUT2D eigenvalue weighted by Gasteiger charge is -2.37. The molecule has 0 radical (unpaired) electrons. The molecule has 2 aromatic rings. The summed E-state index contributed by atoms with van der Waals surface area (Å²) in [6.07, 6.45) is 7.74. The summed E-state index contributed by atoms with van der Waals surface area (Å²) in [5, 5.41) is 6.08. The summed E-state index contributed by atoms with van der Waals surface area (Å²) < 4.78 is 5.37. The molecule has 0 bridgehead atoms. The molecule has 0 unspecified atom stereocenters. The predicted octanol–water partition coefficient (Wildman–Crippen LogP) is 3.46. The summed E-state index contributed by atoms with van der Waals surface area (Å²) in [6.45, 7) is 4.71. The minimum atomic E-state index is 0.292. The van der Waals surface area contributed by atoms with Crippen LogP contribution in [0.1, 0.15) is 44.4 Å². The summed E-state index contributed by atoms with van der Waals surface area (Å²) >= 11 is 1.62. The molecule has 0 aromatic carbocycles. The summed E-state index contributed by atoms with van der Waals surface area (Å²) in [7, 11) is 0. The first-order valence-electron chi connectivity index (χ1n) is 10.2. The van der Waals surface area contributed by atoms with Gasteiger partial charge in [0, 0.05) is 38.5 Å². The molecule has 2 fully saturated rings. The quantitative estimate of drug-likeness (QED) is 0.758. The highest BCUT2D eigenvalue weighted by Gasteiger charge is 2.28. The smallest absolute Gasteiger partial charge is 0.227 e. The van der Waals surface area contributed by atoms with Crippen molar-refractivity contribution in [3.63, 3.8) is 0 Å². The Morgan fingerprint density at radius 3 is 2.74 bits per heavy atom. The molecule has 27 heavy (non-hydrogen) atoms. The maximum absolute atomic E-state index is 12.6. The number of rotatable bonds is 6. The zero-order valence-corrected chi connectivity index (χ0v) is 16.6. The van der Waals surface area contributed by atoms with E-state index >= 15 is 0 Å². The van der Waals surface area contributed by atoms with E-state index in [2.05, 4.69) is 19.9 Å². The molecule has 0 spiro atoms. The van der Waals surface area contributed by atoms with E-state index in [1.54, 1.807) is 11.3 Å². The van der Waals surface area contributed by atoms with Crippen molar-refractivity contribution in [2.24, 2.45) is 5.92 Å². The average Bonchev–Trinajstić information content (AvgIpc) is 3.40. The fourth-order valence-corrected chi connectivity index (χ4v) is 4.76. The van der Waals surface area contributed by atoms with Crippen LogP contribution in [0.3, 0.4) is 0 Å². The Morgan fingerprint density at radius 1 is 1.19 bits per heavy atom. The molecule has 6 nitrogen and oxygen atoms in total. The van der Waals surface area contributed by atoms with Crippen LogP contribution in [0, 0.1) is 5.92 Å². The van der Waals surface area contributed by atoms with E-state index in [9.17, 15) is 4.79 Å². The summed E-state index contributed by atoms with van der Waals surface area (Å²) in [6, 6.07) is 4.00. The molecular formula is C20H28N4O2S. The molecule has 146 valence electrons. The minimum Gasteiger partial charge on any atom is -0.340 e. The second-order valence-electron chi connectivity index (χ2n) is 7.59. The monoisotopic (exact) mass is 388 g/mol. The second-order valence-corrected chi connectivity index (χ2v) is 8.54. The number of hydrogen-bond acceptors (Lipinski definition) is 6. The highest BCUT2D eigenvalue weighted by atomic mass is 32.1. The Labute approximate surface area is 164 Å². The minimum absolute atomic E-state index is 0.292. The Hall–Kier alpha value is -1.73. The number of aryl methyl sites for hydroxylation is 1. The largest absolute Gasteiger partial charge is 0.340 e. The van der Waals surface area contributed by atoms with Crippen molar-refractivity contribution < 1.29 is 9.32 Å². The van der Waals surface area contributed by atoms with Crippen molar-refractivity contribution in [2.45, 2.75) is 44.9 Å². The highest BCUT2D eigenvalue weighted by Crippen LogP contribution is 2.26. The van der Waals surface area contributed by atoms with Gasteiger partial charge in [-0.2, -0.15) is 4.98 Å². The van der Waals surface area contributed by atoms with Crippen LogP contribution in [0.25, 0.3) is 10.7 Å². The van der Waals surface area contributed by atoms with Crippen molar-refractivity contribution >= 4 is 17.2 Å². The fraction of sp³-hybridized carbons (Fsp3) is 0.650. The maximum Gasteiger partial charge on any atom is 0.227 e. The zero-order valence-electron chi connectivity index (χ0n) is 15.8. The van der Waals surface area contributed by atoms with E-state index in [0.29, 0.717) is 23.5 Å². The van der Waals surface area contributed by atoms with Gasteiger partial charge in [-0.1, -0.05) is 30.5 Å². The topological polar surface area (TPSA) is 62.5 Å². The first kappa shape index (κ1) is 18.6. The maximum atomic E-state index is 12.6. The number of nitrogens with zero attached hydrogens (tertiary/aromatic N) is 4. The molecule has 1 aliphatic heterocycles. The Morgan fingerprint density at radius 2 is 2.00 bits per heavy atom. The first-order chi connectivity index (χ1) is 13.3. The van der Waals surface area contributed by atoms with E-state index < -0.39 is 0 Å². The van der Waals surface area contributed by atoms with Crippen molar-refractivity contribution in [1.82, 2.24) is 19.9 Å². The third-order valence-corrected chi connectivity index (χ3v) is 6.58. The van der Waals surface area contributed by atoms with Crippen LogP contribution in [-0.2, 0) is 11.2 Å². The van der Waals surface area contributed by atoms with Gasteiger partial charge in [0.2, 0.25) is 17.6 Å². The Kier molecular flexibility index (Phi) is 6.19. The van der Waals surface area contributed by atoms with Gasteiger partial charge in [-0.15, -0.1) is 11.3 Å². The molecule has 1 aliphatic carbocycles. The number of carbonyl (C=O) groups excluding carboxylic acids is 1. The zero-order chi connectivity index (χ0) is 18.5. The molecule has 7 heteroatoms. The second kappa shape index (κ2) is 8.97. The predicted molar refractivity (Wildman–Crippen MR) is 106 cm³/mol. The number of thiophene rings is 1. The number of piperazine rings is 1. The van der Waals surface area contributed by atoms with Crippen LogP contribution in [-0.4, -0.2) is 58.6 Å². The SMILES string of the molecule is O=C(C1CCCCC1)N1CCN(CCCc2nc(-c3cccs3)no2)CC1. The van der Waals surface area contributed by atoms with Gasteiger partial charge in [-0.25, -0.2) is 0 Å². The molecule has 0 N–H and O–H groups in total. The summed E-state index contributed by atoms with van der Waals surface area (Å²) in [5.41, 5.74) is 0. The van der Waals surface area contributed by atoms with Gasteiger partial charge in [-0.05, 0) is 37.3 Å². The molecule has 0 atom stereocenters. The van der Waals surface area contributed by atoms with E-state index in [0.717, 1.165) is 63.3 Å². The van der Waals surface area contributed by atoms with E-state index in [1.807, 2.05) is 17.5 Å². The van der Waals surface area contributed by atoms with Gasteiger partial charge in [-0.3, -0.25) is 9.69 Å². The summed E-state index contributed by atoms with van der Waals surface area (Å²) in [4.78, 5) is 22.7. The number of hydrogen-bond donors (Lipinski definition) is 0. The molecule has 2 aromatic heterocycles. The molecule has 2 aliphatic rings. The van der Waals surface area contributed by atoms with E-state index in [-0.39, 0.29) is 0 Å². The van der Waals surface area contributed by atoms with Crippen molar-refractivity contribution in [2.75, 3.05) is 32.7 Å². The Balaban J connectivity index is 1.17. The summed E-state index contributed by atoms with van der Waals surface area (Å²) in [5.74, 6) is 2.10. The third-order valence-electron chi connectivity index (χ3n) is 5.71. The van der Waals surface area contributed by atoms with E-state index in [1.165, 1.54) is 19.3 Å². The number of amides is 1. The van der Waals surface area contributed by atoms with Crippen molar-refractivity contribution in [3.05, 3.63) is 23.4 Å². The lowest BCUT2D eigenvalue weighted by Crippen LogP contribution is -2.50. The molecular weight excluding hydrogens is 360 g/mol. The first-order valence-corrected chi connectivity index (χ1v) is 11.0. The van der Waals surface area contributed by atoms with Crippen LogP contribution in [0.2, 0.25) is 0 Å². The van der Waals surface area contributed by atoms with Crippen LogP contribution in [0.15, 0.2) is 22.0 Å². The third kappa shape index (κ3) is 4.76. The van der Waals surface area contributed by atoms with Gasteiger partial charge in [0.1, 0.15) is 0 Å². The van der Waals surface area contributed by atoms with Crippen molar-refractivity contribution in [3.8, 4) is 10.7 Å². The standard InChI is InChI=1S/C20H28N4O2S/c25-20(16-6-2-1-3-7-16)24-13-11-23(12-14-24)10-4-9-18-21-19(22-26-18)17-8-5-15-27-17/h5,8,15-16H,1-4,6-7,9-14H2. The number of aromatic nitrogens is 2. The van der Waals surface area contributed by atoms with Crippen LogP contribution >= 0.6 is 11.3 Å². The van der Waals surface area contributed by atoms with Crippen LogP contribution in [0.5, 0.6) is 0 Å². The van der Waals surface area contributed by atoms with Crippen LogP contribution in [0.4, 0.5) is 0 Å². The Bertz CT molecular complexity index is 716. The lowest BCUT2D eigenvalue weighted by molar-refractivity contribution is -0.138. The van der Waals surface area contributed by atoms with Gasteiger partial charge in [0.15, 0.2) is 0 Å². The molecule has 1 amide bonds. The van der Waals surface area contributed by atoms with Gasteiger partial charge < -0.3 is 9.42 Å². The lowest BCUT2D eigenvalue weighted by atomic mass is 9.88. The van der Waals surface area contributed by atoms with Gasteiger partial charge in [0.05, 0.1) is 4.88 Å². The molecule has 1 saturated carbocycles. The highest BCUT2D eigenvalue weighted by molar-refractivity contribution is 7.13. The van der Waals surface area contributed by atoms with Crippen LogP contribution < -0.4 is 0 Å². The fourth-order valence-electron chi connectivity index (χ4n) is 4.12. The normalized spacial score (nSPS) is 19.5. The number of carbonyl (C=O) groups is 1. The van der Waals surface area contributed by atoms with Crippen molar-refractivity contribution in [1.29, 1.82) is 0 Å². The average molecular weight is 389 g/mol.